The predicted octanol–water partition coefficient (Wildman–Crippen LogP) is 1.34. The summed E-state index contributed by atoms with van der Waals surface area (Å²) in [6.07, 6.45) is -1.71. The Morgan fingerprint density at radius 2 is 1.45 bits per heavy atom. The van der Waals surface area contributed by atoms with Crippen LogP contribution >= 0.6 is 0 Å². The molecule has 0 aromatic heterocycles. The van der Waals surface area contributed by atoms with Gasteiger partial charge in [-0.15, -0.1) is 0 Å². The number of carbonyl (C=O) groups is 3. The van der Waals surface area contributed by atoms with Crippen LogP contribution in [0.4, 0.5) is 0 Å². The van der Waals surface area contributed by atoms with E-state index in [1.807, 2.05) is 0 Å². The van der Waals surface area contributed by atoms with Crippen molar-refractivity contribution >= 4 is 17.9 Å². The van der Waals surface area contributed by atoms with Crippen LogP contribution in [0.2, 0.25) is 0 Å². The van der Waals surface area contributed by atoms with Gasteiger partial charge in [0.1, 0.15) is 0 Å². The molecule has 108 valence electrons. The predicted molar refractivity (Wildman–Crippen MR) is 68.9 cm³/mol. The molecule has 0 saturated carbocycles. The highest BCUT2D eigenvalue weighted by molar-refractivity contribution is 6.01. The van der Waals surface area contributed by atoms with Gasteiger partial charge in [-0.05, 0) is 26.0 Å². The molecule has 0 aliphatic rings. The van der Waals surface area contributed by atoms with Gasteiger partial charge in [-0.2, -0.15) is 0 Å². The van der Waals surface area contributed by atoms with Gasteiger partial charge in [0.25, 0.3) is 6.10 Å². The minimum absolute atomic E-state index is 0.0671. The Bertz CT molecular complexity index is 450. The molecular weight excluding hydrogens is 264 g/mol. The molecule has 0 spiro atoms. The second-order valence-electron chi connectivity index (χ2n) is 3.66. The smallest absolute Gasteiger partial charge is 0.359 e. The van der Waals surface area contributed by atoms with Crippen LogP contribution < -0.4 is 0 Å². The molecule has 0 aliphatic carbocycles. The summed E-state index contributed by atoms with van der Waals surface area (Å²) in [5.74, 6) is -2.69. The van der Waals surface area contributed by atoms with Crippen molar-refractivity contribution in [1.82, 2.24) is 0 Å². The zero-order chi connectivity index (χ0) is 15.0. The number of esters is 3. The lowest BCUT2D eigenvalue weighted by atomic mass is 10.2. The second kappa shape index (κ2) is 7.93. The van der Waals surface area contributed by atoms with Crippen LogP contribution in [0, 0.1) is 0 Å². The molecule has 0 saturated heterocycles. The summed E-state index contributed by atoms with van der Waals surface area (Å²) in [6, 6.07) is 8.02. The van der Waals surface area contributed by atoms with Gasteiger partial charge in [-0.1, -0.05) is 18.2 Å². The molecule has 0 unspecified atom stereocenters. The quantitative estimate of drug-likeness (QED) is 0.444. The summed E-state index contributed by atoms with van der Waals surface area (Å²) in [6.45, 7) is 3.30. The van der Waals surface area contributed by atoms with E-state index in [0.717, 1.165) is 0 Å². The third-order valence-corrected chi connectivity index (χ3v) is 2.24. The summed E-state index contributed by atoms with van der Waals surface area (Å²) in [7, 11) is 0. The molecular formula is C14H16O6. The molecule has 0 N–H and O–H groups in total. The van der Waals surface area contributed by atoms with Gasteiger partial charge in [0.15, 0.2) is 0 Å². The first-order valence-electron chi connectivity index (χ1n) is 6.19. The topological polar surface area (TPSA) is 78.9 Å². The fourth-order valence-electron chi connectivity index (χ4n) is 1.38. The van der Waals surface area contributed by atoms with E-state index in [1.54, 1.807) is 32.0 Å². The Hall–Kier alpha value is -2.37. The van der Waals surface area contributed by atoms with Gasteiger partial charge >= 0.3 is 17.9 Å². The molecule has 0 fully saturated rings. The van der Waals surface area contributed by atoms with E-state index in [-0.39, 0.29) is 18.8 Å². The number of hydrogen-bond donors (Lipinski definition) is 0. The Morgan fingerprint density at radius 1 is 0.950 bits per heavy atom. The lowest BCUT2D eigenvalue weighted by Gasteiger charge is -2.15. The SMILES string of the molecule is CCOC(=O)C(OC(=O)c1ccccc1)C(=O)OCC. The van der Waals surface area contributed by atoms with Crippen molar-refractivity contribution in [2.75, 3.05) is 13.2 Å². The molecule has 6 nitrogen and oxygen atoms in total. The Labute approximate surface area is 116 Å². The van der Waals surface area contributed by atoms with Crippen LogP contribution in [-0.2, 0) is 23.8 Å². The molecule has 1 aromatic rings. The average Bonchev–Trinajstić information content (AvgIpc) is 2.45. The highest BCUT2D eigenvalue weighted by atomic mass is 16.6. The van der Waals surface area contributed by atoms with Crippen molar-refractivity contribution < 1.29 is 28.6 Å². The summed E-state index contributed by atoms with van der Waals surface area (Å²) in [5, 5.41) is 0. The van der Waals surface area contributed by atoms with Gasteiger partial charge in [0.05, 0.1) is 18.8 Å². The van der Waals surface area contributed by atoms with Crippen LogP contribution in [-0.4, -0.2) is 37.2 Å². The van der Waals surface area contributed by atoms with E-state index >= 15 is 0 Å². The molecule has 0 amide bonds. The highest BCUT2D eigenvalue weighted by Crippen LogP contribution is 2.07. The number of hydrogen-bond acceptors (Lipinski definition) is 6. The number of rotatable bonds is 6. The third-order valence-electron chi connectivity index (χ3n) is 2.24. The summed E-state index contributed by atoms with van der Waals surface area (Å²) < 4.78 is 14.3. The number of ether oxygens (including phenoxy) is 3. The van der Waals surface area contributed by atoms with E-state index in [4.69, 9.17) is 14.2 Å². The van der Waals surface area contributed by atoms with Crippen molar-refractivity contribution in [3.05, 3.63) is 35.9 Å². The summed E-state index contributed by atoms with van der Waals surface area (Å²) in [5.41, 5.74) is 0.228. The molecule has 6 heteroatoms. The first-order valence-corrected chi connectivity index (χ1v) is 6.19. The van der Waals surface area contributed by atoms with E-state index in [9.17, 15) is 14.4 Å². The molecule has 0 radical (unpaired) electrons. The van der Waals surface area contributed by atoms with Crippen LogP contribution in [0.15, 0.2) is 30.3 Å². The van der Waals surface area contributed by atoms with Crippen molar-refractivity contribution in [3.8, 4) is 0 Å². The normalized spacial score (nSPS) is 9.95. The number of benzene rings is 1. The Morgan fingerprint density at radius 3 is 1.90 bits per heavy atom. The van der Waals surface area contributed by atoms with Crippen molar-refractivity contribution in [1.29, 1.82) is 0 Å². The highest BCUT2D eigenvalue weighted by Gasteiger charge is 2.33. The zero-order valence-electron chi connectivity index (χ0n) is 11.3. The van der Waals surface area contributed by atoms with Gasteiger partial charge < -0.3 is 14.2 Å². The first-order chi connectivity index (χ1) is 9.60. The van der Waals surface area contributed by atoms with E-state index in [2.05, 4.69) is 0 Å². The Kier molecular flexibility index (Phi) is 6.22. The van der Waals surface area contributed by atoms with Crippen LogP contribution in [0.5, 0.6) is 0 Å². The van der Waals surface area contributed by atoms with Crippen molar-refractivity contribution in [2.24, 2.45) is 0 Å². The summed E-state index contributed by atoms with van der Waals surface area (Å²) >= 11 is 0. The standard InChI is InChI=1S/C14H16O6/c1-3-18-13(16)11(14(17)19-4-2)20-12(15)10-8-6-5-7-9-10/h5-9,11H,3-4H2,1-2H3. The van der Waals surface area contributed by atoms with E-state index in [1.165, 1.54) is 12.1 Å². The van der Waals surface area contributed by atoms with Gasteiger partial charge in [-0.3, -0.25) is 0 Å². The molecule has 0 heterocycles. The maximum absolute atomic E-state index is 11.8. The molecule has 1 aromatic carbocycles. The zero-order valence-corrected chi connectivity index (χ0v) is 11.3. The Balaban J connectivity index is 2.81. The average molecular weight is 280 g/mol. The molecule has 0 aliphatic heterocycles. The van der Waals surface area contributed by atoms with Crippen molar-refractivity contribution in [2.45, 2.75) is 20.0 Å². The third kappa shape index (κ3) is 4.38. The maximum atomic E-state index is 11.8. The van der Waals surface area contributed by atoms with E-state index < -0.39 is 24.0 Å². The largest absolute Gasteiger partial charge is 0.463 e. The molecule has 0 bridgehead atoms. The second-order valence-corrected chi connectivity index (χ2v) is 3.66. The number of carbonyl (C=O) groups excluding carboxylic acids is 3. The minimum atomic E-state index is -1.71. The van der Waals surface area contributed by atoms with Gasteiger partial charge in [-0.25, -0.2) is 14.4 Å². The molecule has 20 heavy (non-hydrogen) atoms. The maximum Gasteiger partial charge on any atom is 0.359 e. The van der Waals surface area contributed by atoms with Crippen molar-refractivity contribution in [3.63, 3.8) is 0 Å². The fraction of sp³-hybridized carbons (Fsp3) is 0.357. The van der Waals surface area contributed by atoms with Crippen LogP contribution in [0.1, 0.15) is 24.2 Å². The van der Waals surface area contributed by atoms with Gasteiger partial charge in [0, 0.05) is 0 Å². The summed E-state index contributed by atoms with van der Waals surface area (Å²) in [4.78, 5) is 35.1. The first kappa shape index (κ1) is 15.7. The monoisotopic (exact) mass is 280 g/mol. The van der Waals surface area contributed by atoms with Gasteiger partial charge in [0.2, 0.25) is 0 Å². The molecule has 1 rings (SSSR count). The minimum Gasteiger partial charge on any atom is -0.463 e. The fourth-order valence-corrected chi connectivity index (χ4v) is 1.38. The molecule has 0 atom stereocenters. The van der Waals surface area contributed by atoms with Crippen LogP contribution in [0.25, 0.3) is 0 Å². The van der Waals surface area contributed by atoms with Crippen LogP contribution in [0.3, 0.4) is 0 Å². The van der Waals surface area contributed by atoms with E-state index in [0.29, 0.717) is 0 Å². The lowest BCUT2D eigenvalue weighted by Crippen LogP contribution is -2.38. The lowest BCUT2D eigenvalue weighted by molar-refractivity contribution is -0.168.